The van der Waals surface area contributed by atoms with Gasteiger partial charge in [0.2, 0.25) is 0 Å². The first-order valence-corrected chi connectivity index (χ1v) is 16.8. The van der Waals surface area contributed by atoms with Crippen LogP contribution in [-0.2, 0) is 31.4 Å². The van der Waals surface area contributed by atoms with Crippen molar-refractivity contribution in [3.63, 3.8) is 0 Å². The lowest BCUT2D eigenvalue weighted by Gasteiger charge is -2.25. The highest BCUT2D eigenvalue weighted by Crippen LogP contribution is 2.62. The number of pyridine rings is 2. The van der Waals surface area contributed by atoms with Gasteiger partial charge in [0, 0.05) is 29.6 Å². The SMILES string of the molecule is CCOP(=O)(CC)C(F)(F)CCOCCOCCOc1ccc(CCc2cnc3c(N)nc4cc(C)ccc4c3c2)c(C)c1. The number of fused-ring (bicyclic) bond motifs is 3. The highest BCUT2D eigenvalue weighted by Gasteiger charge is 2.49. The van der Waals surface area contributed by atoms with Crippen LogP contribution in [-0.4, -0.2) is 61.4 Å². The molecule has 1 atom stereocenters. The summed E-state index contributed by atoms with van der Waals surface area (Å²) in [6, 6.07) is 14.4. The predicted octanol–water partition coefficient (Wildman–Crippen LogP) is 7.50. The molecule has 0 saturated carbocycles. The fourth-order valence-electron chi connectivity index (χ4n) is 5.05. The molecular weight excluding hydrogens is 587 g/mol. The maximum atomic E-state index is 14.3. The van der Waals surface area contributed by atoms with Gasteiger partial charge in [-0.25, -0.2) is 4.98 Å². The number of anilines is 1. The van der Waals surface area contributed by atoms with E-state index in [4.69, 9.17) is 24.5 Å². The van der Waals surface area contributed by atoms with Gasteiger partial charge in [0.05, 0.1) is 38.6 Å². The van der Waals surface area contributed by atoms with Crippen molar-refractivity contribution < 1.29 is 32.1 Å². The first-order chi connectivity index (χ1) is 21.1. The average Bonchev–Trinajstić information content (AvgIpc) is 2.99. The minimum Gasteiger partial charge on any atom is -0.491 e. The maximum absolute atomic E-state index is 14.3. The van der Waals surface area contributed by atoms with Crippen molar-refractivity contribution in [2.75, 3.05) is 51.5 Å². The summed E-state index contributed by atoms with van der Waals surface area (Å²) >= 11 is 0. The molecule has 1 unspecified atom stereocenters. The summed E-state index contributed by atoms with van der Waals surface area (Å²) < 4.78 is 62.3. The van der Waals surface area contributed by atoms with Crippen LogP contribution in [0.5, 0.6) is 5.75 Å². The molecule has 0 fully saturated rings. The molecule has 0 radical (unpaired) electrons. The number of nitrogens with two attached hydrogens (primary N) is 1. The Kier molecular flexibility index (Phi) is 11.7. The molecule has 0 aliphatic carbocycles. The standard InChI is InChI=1S/C33H42F2N3O5P/c1-5-43-44(39,6-2)33(34,35)13-14-40-15-16-41-17-18-42-27-11-10-26(24(4)20-27)9-8-25-21-29-28-12-7-23(3)19-30(28)38-32(36)31(29)37-22-25/h7,10-12,19-22H,5-6,8-9,13-18H2,1-4H3,(H2,36,38). The summed E-state index contributed by atoms with van der Waals surface area (Å²) in [7, 11) is -4.02. The molecule has 44 heavy (non-hydrogen) atoms. The van der Waals surface area contributed by atoms with Crippen LogP contribution in [0.1, 0.15) is 42.5 Å². The zero-order valence-electron chi connectivity index (χ0n) is 25.9. The second-order valence-corrected chi connectivity index (χ2v) is 13.6. The van der Waals surface area contributed by atoms with E-state index in [1.165, 1.54) is 12.5 Å². The van der Waals surface area contributed by atoms with Crippen LogP contribution in [0, 0.1) is 13.8 Å². The third-order valence-electron chi connectivity index (χ3n) is 7.54. The molecule has 0 saturated heterocycles. The lowest BCUT2D eigenvalue weighted by Crippen LogP contribution is -2.22. The number of nitrogen functional groups attached to an aromatic ring is 1. The van der Waals surface area contributed by atoms with Crippen molar-refractivity contribution in [2.24, 2.45) is 0 Å². The Morgan fingerprint density at radius 1 is 0.909 bits per heavy atom. The van der Waals surface area contributed by atoms with Crippen LogP contribution in [0.4, 0.5) is 14.6 Å². The topological polar surface area (TPSA) is 106 Å². The van der Waals surface area contributed by atoms with E-state index in [1.807, 2.05) is 31.3 Å². The molecule has 0 aliphatic heterocycles. The Labute approximate surface area is 257 Å². The lowest BCUT2D eigenvalue weighted by atomic mass is 9.99. The van der Waals surface area contributed by atoms with Crippen molar-refractivity contribution >= 4 is 35.0 Å². The fraction of sp³-hybridized carbons (Fsp3) is 0.455. The smallest absolute Gasteiger partial charge is 0.323 e. The van der Waals surface area contributed by atoms with Crippen LogP contribution in [0.25, 0.3) is 21.8 Å². The first kappa shape index (κ1) is 33.7. The molecule has 2 aromatic heterocycles. The number of ether oxygens (including phenoxy) is 3. The van der Waals surface area contributed by atoms with E-state index in [2.05, 4.69) is 41.2 Å². The van der Waals surface area contributed by atoms with Crippen LogP contribution in [0.15, 0.2) is 48.7 Å². The van der Waals surface area contributed by atoms with Gasteiger partial charge in [-0.05, 0) is 80.1 Å². The number of rotatable bonds is 17. The van der Waals surface area contributed by atoms with Crippen LogP contribution in [0.3, 0.4) is 0 Å². The van der Waals surface area contributed by atoms with Crippen LogP contribution < -0.4 is 10.5 Å². The molecule has 11 heteroatoms. The van der Waals surface area contributed by atoms with Gasteiger partial charge < -0.3 is 24.5 Å². The molecule has 2 heterocycles. The van der Waals surface area contributed by atoms with E-state index in [9.17, 15) is 13.3 Å². The van der Waals surface area contributed by atoms with Gasteiger partial charge in [0.1, 0.15) is 17.9 Å². The Morgan fingerprint density at radius 3 is 2.39 bits per heavy atom. The quantitative estimate of drug-likeness (QED) is 0.0728. The summed E-state index contributed by atoms with van der Waals surface area (Å²) in [5, 5.41) is 2.06. The largest absolute Gasteiger partial charge is 0.491 e. The van der Waals surface area contributed by atoms with Gasteiger partial charge in [-0.2, -0.15) is 8.78 Å². The van der Waals surface area contributed by atoms with Crippen LogP contribution >= 0.6 is 7.37 Å². The molecule has 2 aromatic carbocycles. The molecule has 0 spiro atoms. The van der Waals surface area contributed by atoms with Crippen molar-refractivity contribution in [3.8, 4) is 5.75 Å². The summed E-state index contributed by atoms with van der Waals surface area (Å²) in [4.78, 5) is 9.16. The molecule has 8 nitrogen and oxygen atoms in total. The van der Waals surface area contributed by atoms with Gasteiger partial charge in [-0.3, -0.25) is 9.55 Å². The number of aryl methyl sites for hydroxylation is 4. The maximum Gasteiger partial charge on any atom is 0.323 e. The highest BCUT2D eigenvalue weighted by molar-refractivity contribution is 7.60. The minimum atomic E-state index is -4.02. The zero-order valence-corrected chi connectivity index (χ0v) is 26.8. The predicted molar refractivity (Wildman–Crippen MR) is 171 cm³/mol. The summed E-state index contributed by atoms with van der Waals surface area (Å²) in [6.07, 6.45) is 2.69. The molecular formula is C33H42F2N3O5P. The third kappa shape index (κ3) is 8.30. The average molecular weight is 630 g/mol. The third-order valence-corrected chi connectivity index (χ3v) is 10.3. The number of hydrogen-bond donors (Lipinski definition) is 1. The number of nitrogens with zero attached hydrogens (tertiary/aromatic N) is 2. The number of benzene rings is 2. The summed E-state index contributed by atoms with van der Waals surface area (Å²) in [5.74, 6) is 1.19. The zero-order chi connectivity index (χ0) is 31.7. The van der Waals surface area contributed by atoms with E-state index in [-0.39, 0.29) is 32.6 Å². The molecule has 4 aromatic rings. The number of alkyl halides is 2. The molecule has 238 valence electrons. The summed E-state index contributed by atoms with van der Waals surface area (Å²) in [6.45, 7) is 7.93. The first-order valence-electron chi connectivity index (χ1n) is 15.0. The van der Waals surface area contributed by atoms with Gasteiger partial charge in [-0.15, -0.1) is 0 Å². The highest BCUT2D eigenvalue weighted by atomic mass is 31.2. The molecule has 4 rings (SSSR count). The Morgan fingerprint density at radius 2 is 1.66 bits per heavy atom. The minimum absolute atomic E-state index is 0.0160. The van der Waals surface area contributed by atoms with Crippen molar-refractivity contribution in [1.29, 1.82) is 0 Å². The normalized spacial score (nSPS) is 13.4. The van der Waals surface area contributed by atoms with Gasteiger partial charge in [0.25, 0.3) is 7.37 Å². The van der Waals surface area contributed by atoms with Gasteiger partial charge >= 0.3 is 5.66 Å². The van der Waals surface area contributed by atoms with Crippen LogP contribution in [0.2, 0.25) is 0 Å². The molecule has 0 amide bonds. The Hall–Kier alpha value is -3.17. The van der Waals surface area contributed by atoms with Crippen molar-refractivity contribution in [2.45, 2.75) is 52.6 Å². The van der Waals surface area contributed by atoms with Crippen molar-refractivity contribution in [3.05, 3.63) is 70.9 Å². The second-order valence-electron chi connectivity index (χ2n) is 10.7. The van der Waals surface area contributed by atoms with E-state index < -0.39 is 19.5 Å². The van der Waals surface area contributed by atoms with Crippen molar-refractivity contribution in [1.82, 2.24) is 9.97 Å². The van der Waals surface area contributed by atoms with E-state index in [0.29, 0.717) is 19.0 Å². The number of halogens is 2. The van der Waals surface area contributed by atoms with E-state index >= 15 is 0 Å². The fourth-order valence-corrected chi connectivity index (χ4v) is 6.73. The molecule has 0 bridgehead atoms. The lowest BCUT2D eigenvalue weighted by molar-refractivity contribution is 0.000207. The summed E-state index contributed by atoms with van der Waals surface area (Å²) in [5.41, 5.74) is 9.02. The Bertz CT molecular complexity index is 1620. The number of hydrogen-bond acceptors (Lipinski definition) is 8. The Balaban J connectivity index is 1.19. The second kappa shape index (κ2) is 15.2. The van der Waals surface area contributed by atoms with E-state index in [1.54, 1.807) is 6.92 Å². The van der Waals surface area contributed by atoms with Gasteiger partial charge in [0.15, 0.2) is 5.82 Å². The van der Waals surface area contributed by atoms with Gasteiger partial charge in [-0.1, -0.05) is 25.1 Å². The number of aromatic nitrogens is 2. The van der Waals surface area contributed by atoms with E-state index in [0.717, 1.165) is 57.1 Å². The molecule has 0 aliphatic rings. The molecule has 2 N–H and O–H groups in total. The monoisotopic (exact) mass is 629 g/mol.